The van der Waals surface area contributed by atoms with Crippen LogP contribution in [-0.4, -0.2) is 172 Å². The van der Waals surface area contributed by atoms with Crippen LogP contribution in [-0.2, 0) is 19.3 Å². The minimum atomic E-state index is -3.75. The van der Waals surface area contributed by atoms with Gasteiger partial charge in [0.05, 0.1) is 43.2 Å². The van der Waals surface area contributed by atoms with Gasteiger partial charge in [-0.05, 0) is 114 Å². The van der Waals surface area contributed by atoms with Crippen molar-refractivity contribution in [1.29, 1.82) is 0 Å². The van der Waals surface area contributed by atoms with Crippen LogP contribution in [0.2, 0.25) is 0 Å². The zero-order valence-electron chi connectivity index (χ0n) is 37.3. The van der Waals surface area contributed by atoms with E-state index in [0.717, 1.165) is 96.7 Å². The number of aliphatic hydroxyl groups excluding tert-OH is 1. The van der Waals surface area contributed by atoms with Crippen LogP contribution in [0, 0.1) is 11.2 Å². The highest BCUT2D eigenvalue weighted by Crippen LogP contribution is 2.50. The Morgan fingerprint density at radius 2 is 1.36 bits per heavy atom. The van der Waals surface area contributed by atoms with E-state index >= 15 is 4.39 Å². The van der Waals surface area contributed by atoms with E-state index in [4.69, 9.17) is 14.2 Å². The van der Waals surface area contributed by atoms with Crippen molar-refractivity contribution in [1.82, 2.24) is 19.6 Å². The summed E-state index contributed by atoms with van der Waals surface area (Å²) in [5.41, 5.74) is 0.990. The summed E-state index contributed by atoms with van der Waals surface area (Å²) in [4.78, 5) is 11.9. The lowest BCUT2D eigenvalue weighted by atomic mass is 9.68. The summed E-state index contributed by atoms with van der Waals surface area (Å²) >= 11 is 0. The fraction of sp³-hybridized carbons (Fsp3) is 0.733. The molecule has 2 aromatic carbocycles. The predicted octanol–water partition coefficient (Wildman–Crippen LogP) is 6.46. The Hall–Kier alpha value is -1.63. The Labute approximate surface area is 373 Å². The third-order valence-corrected chi connectivity index (χ3v) is 14.1. The molecule has 11 nitrogen and oxygen atoms in total. The number of aliphatic hydroxyl groups is 1. The largest absolute Gasteiger partial charge is 0.488 e. The number of fused-ring (bicyclic) bond motifs is 1. The third kappa shape index (κ3) is 15.9. The topological polar surface area (TPSA) is 98.3 Å². The zero-order valence-corrected chi connectivity index (χ0v) is 40.4. The van der Waals surface area contributed by atoms with Crippen molar-refractivity contribution in [2.24, 2.45) is 5.41 Å². The quantitative estimate of drug-likeness (QED) is 0.132. The molecule has 0 aliphatic carbocycles. The number of halogens is 2. The van der Waals surface area contributed by atoms with Crippen molar-refractivity contribution >= 4 is 39.5 Å². The van der Waals surface area contributed by atoms with Gasteiger partial charge in [0.1, 0.15) is 6.61 Å². The molecule has 0 spiro atoms. The minimum absolute atomic E-state index is 0. The van der Waals surface area contributed by atoms with Gasteiger partial charge in [0.25, 0.3) is 0 Å². The maximum absolute atomic E-state index is 15.8. The average Bonchev–Trinajstić information content (AvgIpc) is 3.26. The van der Waals surface area contributed by atoms with E-state index in [1.54, 1.807) is 24.3 Å². The summed E-state index contributed by atoms with van der Waals surface area (Å²) < 4.78 is 61.6. The standard InChI is InChI=1S/C45H76FN5O6S.HI/c1-8-10-18-45(19-11-9-2)36-58(53,54)42-17-15-38(47(3)4)35-39(42)43(44(45)52)37-14-16-41(40(46)34-37)57-33-32-56-31-30-55-29-28-51-23-13-22-49(6)25-24-48(5)20-12-21-50(7)26-27-51;/h14-17,34-35,43-44,52H,8-13,18-33,36H2,1-7H3;1H/t43-,44-;/m1./s1. The van der Waals surface area contributed by atoms with E-state index < -0.39 is 33.1 Å². The molecule has 0 amide bonds. The zero-order chi connectivity index (χ0) is 42.1. The lowest BCUT2D eigenvalue weighted by molar-refractivity contribution is 0.0126. The number of benzene rings is 2. The van der Waals surface area contributed by atoms with Crippen LogP contribution >= 0.6 is 24.0 Å². The second-order valence-electron chi connectivity index (χ2n) is 17.1. The van der Waals surface area contributed by atoms with Crippen molar-refractivity contribution in [3.63, 3.8) is 0 Å². The van der Waals surface area contributed by atoms with Crippen LogP contribution in [0.4, 0.5) is 10.1 Å². The van der Waals surface area contributed by atoms with Gasteiger partial charge in [-0.25, -0.2) is 12.8 Å². The van der Waals surface area contributed by atoms with Crippen molar-refractivity contribution in [3.8, 4) is 5.75 Å². The van der Waals surface area contributed by atoms with Crippen LogP contribution in [0.3, 0.4) is 0 Å². The van der Waals surface area contributed by atoms with Crippen LogP contribution in [0.15, 0.2) is 41.3 Å². The molecule has 1 fully saturated rings. The number of rotatable bonds is 18. The van der Waals surface area contributed by atoms with Gasteiger partial charge in [-0.15, -0.1) is 24.0 Å². The molecular weight excluding hydrogens is 884 g/mol. The van der Waals surface area contributed by atoms with Gasteiger partial charge in [0.2, 0.25) is 0 Å². The summed E-state index contributed by atoms with van der Waals surface area (Å²) in [6.07, 6.45) is 5.80. The Morgan fingerprint density at radius 1 is 0.780 bits per heavy atom. The smallest absolute Gasteiger partial charge is 0.179 e. The summed E-state index contributed by atoms with van der Waals surface area (Å²) in [7, 11) is 6.69. The SMILES string of the molecule is CCCCC1(CCCC)CS(=O)(=O)c2ccc(N(C)C)cc2[C@@H](c2ccc(OCCOCCOCCN3CCCN(C)CCN(C)CCCN(C)CC3)c(F)c2)[C@H]1O.I. The molecule has 4 rings (SSSR count). The number of nitrogens with zero attached hydrogens (tertiary/aromatic N) is 5. The molecule has 0 bridgehead atoms. The first kappa shape index (κ1) is 51.7. The molecule has 1 saturated heterocycles. The van der Waals surface area contributed by atoms with E-state index in [1.165, 1.54) is 12.5 Å². The second kappa shape index (κ2) is 26.1. The van der Waals surface area contributed by atoms with Crippen molar-refractivity contribution in [3.05, 3.63) is 53.3 Å². The monoisotopic (exact) mass is 961 g/mol. The van der Waals surface area contributed by atoms with E-state index in [0.29, 0.717) is 43.8 Å². The predicted molar refractivity (Wildman–Crippen MR) is 249 cm³/mol. The van der Waals surface area contributed by atoms with Gasteiger partial charge < -0.3 is 38.9 Å². The molecule has 14 heteroatoms. The lowest BCUT2D eigenvalue weighted by Crippen LogP contribution is -2.43. The highest BCUT2D eigenvalue weighted by Gasteiger charge is 2.49. The van der Waals surface area contributed by atoms with Crippen molar-refractivity contribution in [2.75, 3.05) is 138 Å². The van der Waals surface area contributed by atoms with Gasteiger partial charge in [-0.3, -0.25) is 4.90 Å². The summed E-state index contributed by atoms with van der Waals surface area (Å²) in [5.74, 6) is -1.34. The van der Waals surface area contributed by atoms with Crippen LogP contribution in [0.5, 0.6) is 5.75 Å². The maximum Gasteiger partial charge on any atom is 0.179 e. The van der Waals surface area contributed by atoms with Crippen LogP contribution < -0.4 is 9.64 Å². The Balaban J connectivity index is 0.00000930. The Morgan fingerprint density at radius 3 is 1.95 bits per heavy atom. The highest BCUT2D eigenvalue weighted by molar-refractivity contribution is 14.0. The number of hydrogen-bond donors (Lipinski definition) is 1. The van der Waals surface area contributed by atoms with Gasteiger partial charge in [-0.1, -0.05) is 45.6 Å². The summed E-state index contributed by atoms with van der Waals surface area (Å²) in [6.45, 7) is 15.7. The molecule has 59 heavy (non-hydrogen) atoms. The van der Waals surface area contributed by atoms with Crippen molar-refractivity contribution < 1.29 is 32.1 Å². The number of anilines is 1. The lowest BCUT2D eigenvalue weighted by Gasteiger charge is -2.40. The van der Waals surface area contributed by atoms with Crippen LogP contribution in [0.1, 0.15) is 82.3 Å². The average molecular weight is 962 g/mol. The first-order valence-electron chi connectivity index (χ1n) is 21.9. The fourth-order valence-electron chi connectivity index (χ4n) is 8.44. The summed E-state index contributed by atoms with van der Waals surface area (Å²) in [5, 5.41) is 12.4. The number of ether oxygens (including phenoxy) is 3. The molecule has 0 aromatic heterocycles. The molecule has 2 aliphatic rings. The van der Waals surface area contributed by atoms with Gasteiger partial charge in [-0.2, -0.15) is 0 Å². The molecule has 1 N–H and O–H groups in total. The molecule has 2 aliphatic heterocycles. The molecule has 0 unspecified atom stereocenters. The van der Waals surface area contributed by atoms with Gasteiger partial charge in [0.15, 0.2) is 21.4 Å². The molecular formula is C45H77FIN5O6S. The number of likely N-dealkylation sites (N-methyl/N-ethyl adjacent to an activating group) is 3. The Kier molecular flexibility index (Phi) is 22.9. The highest BCUT2D eigenvalue weighted by atomic mass is 127. The maximum atomic E-state index is 15.8. The molecule has 2 heterocycles. The number of unbranched alkanes of at least 4 members (excludes halogenated alkanes) is 2. The number of sulfone groups is 1. The van der Waals surface area contributed by atoms with Crippen molar-refractivity contribution in [2.45, 2.75) is 82.1 Å². The second-order valence-corrected chi connectivity index (χ2v) is 19.0. The van der Waals surface area contributed by atoms with E-state index in [-0.39, 0.29) is 53.6 Å². The van der Waals surface area contributed by atoms with E-state index in [9.17, 15) is 13.5 Å². The van der Waals surface area contributed by atoms with Gasteiger partial charge in [0, 0.05) is 63.8 Å². The molecule has 0 radical (unpaired) electrons. The van der Waals surface area contributed by atoms with Crippen LogP contribution in [0.25, 0.3) is 0 Å². The number of hydrogen-bond acceptors (Lipinski definition) is 11. The third-order valence-electron chi connectivity index (χ3n) is 12.1. The first-order chi connectivity index (χ1) is 27.8. The van der Waals surface area contributed by atoms with E-state index in [1.807, 2.05) is 25.1 Å². The van der Waals surface area contributed by atoms with Gasteiger partial charge >= 0.3 is 0 Å². The minimum Gasteiger partial charge on any atom is -0.488 e. The summed E-state index contributed by atoms with van der Waals surface area (Å²) in [6, 6.07) is 10.1. The molecule has 2 atom stereocenters. The fourth-order valence-corrected chi connectivity index (χ4v) is 10.6. The Bertz CT molecular complexity index is 1620. The molecule has 0 saturated carbocycles. The normalized spacial score (nSPS) is 21.5. The molecule has 338 valence electrons. The van der Waals surface area contributed by atoms with E-state index in [2.05, 4.69) is 54.6 Å². The molecule has 2 aromatic rings. The first-order valence-corrected chi connectivity index (χ1v) is 23.5.